The van der Waals surface area contributed by atoms with Gasteiger partial charge in [0.05, 0.1) is 11.1 Å². The fraction of sp³-hybridized carbons (Fsp3) is 0.333. The minimum Gasteiger partial charge on any atom is -0.320 e. The van der Waals surface area contributed by atoms with Crippen LogP contribution in [0.25, 0.3) is 0 Å². The summed E-state index contributed by atoms with van der Waals surface area (Å²) < 4.78 is 25.0. The first-order valence-electron chi connectivity index (χ1n) is 7.20. The molecule has 2 heterocycles. The fourth-order valence-corrected chi connectivity index (χ4v) is 4.50. The summed E-state index contributed by atoms with van der Waals surface area (Å²) in [6, 6.07) is 7.49. The van der Waals surface area contributed by atoms with Gasteiger partial charge in [0.15, 0.2) is 10.8 Å². The third-order valence-electron chi connectivity index (χ3n) is 3.55. The van der Waals surface area contributed by atoms with Crippen molar-refractivity contribution in [3.8, 4) is 0 Å². The molecule has 8 heteroatoms. The zero-order valence-corrected chi connectivity index (χ0v) is 14.5. The van der Waals surface area contributed by atoms with Gasteiger partial charge in [-0.15, -0.1) is 11.3 Å². The van der Waals surface area contributed by atoms with Gasteiger partial charge in [0.25, 0.3) is 5.91 Å². The van der Waals surface area contributed by atoms with Crippen LogP contribution in [-0.4, -0.2) is 32.1 Å². The molecule has 0 saturated carbocycles. The summed E-state index contributed by atoms with van der Waals surface area (Å²) in [5.74, 6) is 0.0848. The Morgan fingerprint density at radius 2 is 2.17 bits per heavy atom. The smallest absolute Gasteiger partial charge is 0.284 e. The van der Waals surface area contributed by atoms with E-state index in [-0.39, 0.29) is 10.9 Å². The van der Waals surface area contributed by atoms with Crippen molar-refractivity contribution in [1.82, 2.24) is 4.98 Å². The van der Waals surface area contributed by atoms with Crippen LogP contribution in [0.2, 0.25) is 0 Å². The fourth-order valence-electron chi connectivity index (χ4n) is 2.52. The Hall–Kier alpha value is -1.93. The van der Waals surface area contributed by atoms with E-state index in [1.807, 2.05) is 25.1 Å². The highest BCUT2D eigenvalue weighted by atomic mass is 32.2. The predicted molar refractivity (Wildman–Crippen MR) is 91.8 cm³/mol. The highest BCUT2D eigenvalue weighted by Gasteiger charge is 2.29. The van der Waals surface area contributed by atoms with E-state index in [4.69, 9.17) is 0 Å². The molecule has 0 saturated heterocycles. The molecule has 1 N–H and O–H groups in total. The second-order valence-electron chi connectivity index (χ2n) is 5.53. The van der Waals surface area contributed by atoms with Crippen molar-refractivity contribution in [1.29, 1.82) is 0 Å². The topological polar surface area (TPSA) is 79.4 Å². The summed E-state index contributed by atoms with van der Waals surface area (Å²) in [5.41, 5.74) is 1.74. The summed E-state index contributed by atoms with van der Waals surface area (Å²) in [6.07, 6.45) is 2.64. The van der Waals surface area contributed by atoms with Crippen LogP contribution in [0.1, 0.15) is 26.7 Å². The third-order valence-corrected chi connectivity index (χ3v) is 5.81. The van der Waals surface area contributed by atoms with Crippen LogP contribution >= 0.6 is 11.3 Å². The van der Waals surface area contributed by atoms with E-state index in [1.165, 1.54) is 15.6 Å². The number of carbonyl (C=O) groups is 1. The Bertz CT molecular complexity index is 859. The maximum absolute atomic E-state index is 12.4. The van der Waals surface area contributed by atoms with Crippen molar-refractivity contribution in [2.45, 2.75) is 19.8 Å². The van der Waals surface area contributed by atoms with E-state index in [1.54, 1.807) is 6.07 Å². The molecule has 1 amide bonds. The van der Waals surface area contributed by atoms with E-state index in [0.717, 1.165) is 29.5 Å². The lowest BCUT2D eigenvalue weighted by Crippen LogP contribution is -2.34. The van der Waals surface area contributed by atoms with E-state index in [2.05, 4.69) is 10.3 Å². The molecule has 2 aromatic rings. The number of aromatic nitrogens is 1. The Morgan fingerprint density at radius 1 is 1.39 bits per heavy atom. The second kappa shape index (κ2) is 5.93. The Balaban J connectivity index is 1.87. The zero-order chi connectivity index (χ0) is 16.6. The number of sulfonamides is 1. The maximum atomic E-state index is 12.4. The number of thiazole rings is 1. The monoisotopic (exact) mass is 351 g/mol. The van der Waals surface area contributed by atoms with Gasteiger partial charge in [0, 0.05) is 12.2 Å². The highest BCUT2D eigenvalue weighted by Crippen LogP contribution is 2.33. The third kappa shape index (κ3) is 3.37. The summed E-state index contributed by atoms with van der Waals surface area (Å²) >= 11 is 1.26. The Morgan fingerprint density at radius 3 is 2.87 bits per heavy atom. The molecule has 0 unspecified atom stereocenters. The van der Waals surface area contributed by atoms with Crippen LogP contribution in [0.5, 0.6) is 0 Å². The second-order valence-corrected chi connectivity index (χ2v) is 8.52. The number of carbonyl (C=O) groups excluding carboxylic acids is 1. The molecule has 0 atom stereocenters. The molecule has 6 nitrogen and oxygen atoms in total. The number of anilines is 2. The van der Waals surface area contributed by atoms with Crippen LogP contribution in [0.15, 0.2) is 24.3 Å². The highest BCUT2D eigenvalue weighted by molar-refractivity contribution is 7.92. The molecule has 1 aliphatic heterocycles. The zero-order valence-electron chi connectivity index (χ0n) is 12.9. The number of hydrogen-bond acceptors (Lipinski definition) is 5. The van der Waals surface area contributed by atoms with Crippen molar-refractivity contribution in [2.24, 2.45) is 0 Å². The van der Waals surface area contributed by atoms with Crippen LogP contribution in [0.3, 0.4) is 0 Å². The SMILES string of the molecule is Cc1cccc(NC(=O)c2nc3c(s2)CCCN3S(C)(=O)=O)c1. The normalized spacial score (nSPS) is 14.4. The number of hydrogen-bond donors (Lipinski definition) is 1. The van der Waals surface area contributed by atoms with Gasteiger partial charge < -0.3 is 5.32 Å². The number of rotatable bonds is 3. The van der Waals surface area contributed by atoms with Crippen molar-refractivity contribution >= 4 is 38.8 Å². The minimum absolute atomic E-state index is 0.284. The lowest BCUT2D eigenvalue weighted by Gasteiger charge is -2.24. The molecule has 23 heavy (non-hydrogen) atoms. The predicted octanol–water partition coefficient (Wildman–Crippen LogP) is 2.42. The van der Waals surface area contributed by atoms with Crippen LogP contribution in [0.4, 0.5) is 11.5 Å². The van der Waals surface area contributed by atoms with Crippen molar-refractivity contribution < 1.29 is 13.2 Å². The first-order chi connectivity index (χ1) is 10.8. The van der Waals surface area contributed by atoms with Gasteiger partial charge >= 0.3 is 0 Å². The van der Waals surface area contributed by atoms with Gasteiger partial charge in [0.1, 0.15) is 0 Å². The number of aryl methyl sites for hydroxylation is 2. The average molecular weight is 351 g/mol. The molecule has 1 aromatic carbocycles. The molecular weight excluding hydrogens is 334 g/mol. The number of nitrogens with zero attached hydrogens (tertiary/aromatic N) is 2. The molecule has 122 valence electrons. The number of amides is 1. The van der Waals surface area contributed by atoms with Crippen LogP contribution < -0.4 is 9.62 Å². The quantitative estimate of drug-likeness (QED) is 0.921. The van der Waals surface area contributed by atoms with Crippen LogP contribution in [0, 0.1) is 6.92 Å². The van der Waals surface area contributed by atoms with Gasteiger partial charge in [-0.1, -0.05) is 12.1 Å². The van der Waals surface area contributed by atoms with E-state index in [0.29, 0.717) is 18.1 Å². The molecule has 3 rings (SSSR count). The minimum atomic E-state index is -3.37. The first kappa shape index (κ1) is 15.9. The van der Waals surface area contributed by atoms with E-state index < -0.39 is 10.0 Å². The lowest BCUT2D eigenvalue weighted by atomic mass is 10.2. The van der Waals surface area contributed by atoms with Gasteiger partial charge in [-0.3, -0.25) is 9.10 Å². The molecule has 0 spiro atoms. The number of nitrogens with one attached hydrogen (secondary N) is 1. The first-order valence-corrected chi connectivity index (χ1v) is 9.86. The molecule has 0 aliphatic carbocycles. The molecular formula is C15H17N3O3S2. The summed E-state index contributed by atoms with van der Waals surface area (Å²) in [5, 5.41) is 3.09. The Kier molecular flexibility index (Phi) is 4.11. The summed E-state index contributed by atoms with van der Waals surface area (Å²) in [7, 11) is -3.37. The number of benzene rings is 1. The molecule has 0 bridgehead atoms. The molecule has 0 radical (unpaired) electrons. The van der Waals surface area contributed by atoms with Crippen molar-refractivity contribution in [2.75, 3.05) is 22.4 Å². The average Bonchev–Trinajstić information content (AvgIpc) is 2.90. The van der Waals surface area contributed by atoms with Gasteiger partial charge in [-0.2, -0.15) is 0 Å². The van der Waals surface area contributed by atoms with E-state index >= 15 is 0 Å². The number of fused-ring (bicyclic) bond motifs is 1. The van der Waals surface area contributed by atoms with Crippen molar-refractivity contribution in [3.05, 3.63) is 39.7 Å². The van der Waals surface area contributed by atoms with Gasteiger partial charge in [-0.05, 0) is 37.5 Å². The van der Waals surface area contributed by atoms with Gasteiger partial charge in [-0.25, -0.2) is 13.4 Å². The lowest BCUT2D eigenvalue weighted by molar-refractivity contribution is 0.102. The molecule has 0 fully saturated rings. The van der Waals surface area contributed by atoms with Crippen molar-refractivity contribution in [3.63, 3.8) is 0 Å². The summed E-state index contributed by atoms with van der Waals surface area (Å²) in [4.78, 5) is 17.5. The van der Waals surface area contributed by atoms with Crippen LogP contribution in [-0.2, 0) is 16.4 Å². The van der Waals surface area contributed by atoms with E-state index in [9.17, 15) is 13.2 Å². The molecule has 1 aliphatic rings. The van der Waals surface area contributed by atoms with Gasteiger partial charge in [0.2, 0.25) is 10.0 Å². The maximum Gasteiger partial charge on any atom is 0.284 e. The summed E-state index contributed by atoms with van der Waals surface area (Å²) in [6.45, 7) is 2.36. The molecule has 1 aromatic heterocycles. The Labute approximate surface area is 139 Å². The standard InChI is InChI=1S/C15H17N3O3S2/c1-10-5-3-6-11(9-10)16-14(19)15-17-13-12(22-15)7-4-8-18(13)23(2,20)21/h3,5-6,9H,4,7-8H2,1-2H3,(H,16,19). The largest absolute Gasteiger partial charge is 0.320 e.